The number of carbonyl (C=O) groups excluding carboxylic acids is 2. The molecule has 3 aromatic carbocycles. The second kappa shape index (κ2) is 13.2. The smallest absolute Gasteiger partial charge is 0.264 e. The van der Waals surface area contributed by atoms with Crippen LogP contribution in [0.4, 0.5) is 5.69 Å². The van der Waals surface area contributed by atoms with E-state index in [0.717, 1.165) is 4.31 Å². The first-order chi connectivity index (χ1) is 18.4. The number of ether oxygens (including phenoxy) is 1. The van der Waals surface area contributed by atoms with Gasteiger partial charge in [-0.3, -0.25) is 13.9 Å². The van der Waals surface area contributed by atoms with Crippen LogP contribution in [0.2, 0.25) is 10.0 Å². The van der Waals surface area contributed by atoms with Gasteiger partial charge in [0.05, 0.1) is 17.7 Å². The van der Waals surface area contributed by atoms with Gasteiger partial charge >= 0.3 is 0 Å². The fourth-order valence-electron chi connectivity index (χ4n) is 3.85. The third-order valence-electron chi connectivity index (χ3n) is 5.86. The van der Waals surface area contributed by atoms with Crippen LogP contribution < -0.4 is 14.4 Å². The van der Waals surface area contributed by atoms with E-state index < -0.39 is 28.5 Å². The fraction of sp³-hybridized carbons (Fsp3) is 0.286. The van der Waals surface area contributed by atoms with E-state index in [-0.39, 0.29) is 29.1 Å². The summed E-state index contributed by atoms with van der Waals surface area (Å²) in [4.78, 5) is 28.2. The van der Waals surface area contributed by atoms with Gasteiger partial charge in [-0.25, -0.2) is 8.42 Å². The molecule has 0 aliphatic heterocycles. The standard InChI is InChI=1S/C28H31Cl2N3O5S/c1-19(2)31-28(35)20(3)32(17-21-7-5-10-25(15-21)38-4)27(34)18-33(24-9-6-8-23(30)16-24)39(36,37)26-13-11-22(29)12-14-26/h5-16,19-20H,17-18H2,1-4H3,(H,31,35). The molecule has 208 valence electrons. The molecule has 1 N–H and O–H groups in total. The van der Waals surface area contributed by atoms with E-state index in [0.29, 0.717) is 21.4 Å². The SMILES string of the molecule is COc1cccc(CN(C(=O)CN(c2cccc(Cl)c2)S(=O)(=O)c2ccc(Cl)cc2)C(C)C(=O)NC(C)C)c1. The highest BCUT2D eigenvalue weighted by molar-refractivity contribution is 7.92. The first-order valence-corrected chi connectivity index (χ1v) is 14.4. The van der Waals surface area contributed by atoms with Crippen LogP contribution in [0.1, 0.15) is 26.3 Å². The molecule has 1 atom stereocenters. The van der Waals surface area contributed by atoms with Gasteiger partial charge in [-0.2, -0.15) is 0 Å². The van der Waals surface area contributed by atoms with Gasteiger partial charge < -0.3 is 15.0 Å². The number of amides is 2. The van der Waals surface area contributed by atoms with Crippen molar-refractivity contribution >= 4 is 50.7 Å². The summed E-state index contributed by atoms with van der Waals surface area (Å²) in [5, 5.41) is 3.49. The van der Waals surface area contributed by atoms with Gasteiger partial charge in [0.25, 0.3) is 10.0 Å². The zero-order valence-corrected chi connectivity index (χ0v) is 24.4. The van der Waals surface area contributed by atoms with Crippen LogP contribution in [0, 0.1) is 0 Å². The lowest BCUT2D eigenvalue weighted by Crippen LogP contribution is -2.52. The highest BCUT2D eigenvalue weighted by Gasteiger charge is 2.32. The van der Waals surface area contributed by atoms with Crippen molar-refractivity contribution in [3.05, 3.63) is 88.4 Å². The zero-order valence-electron chi connectivity index (χ0n) is 22.1. The van der Waals surface area contributed by atoms with Crippen molar-refractivity contribution in [1.82, 2.24) is 10.2 Å². The molecular formula is C28H31Cl2N3O5S. The van der Waals surface area contributed by atoms with Gasteiger partial charge in [0.1, 0.15) is 18.3 Å². The Bertz CT molecular complexity index is 1410. The van der Waals surface area contributed by atoms with E-state index in [1.54, 1.807) is 49.4 Å². The van der Waals surface area contributed by atoms with Gasteiger partial charge in [-0.1, -0.05) is 41.4 Å². The van der Waals surface area contributed by atoms with Crippen LogP contribution >= 0.6 is 23.2 Å². The number of sulfonamides is 1. The summed E-state index contributed by atoms with van der Waals surface area (Å²) < 4.78 is 33.8. The van der Waals surface area contributed by atoms with Crippen molar-refractivity contribution in [2.75, 3.05) is 18.0 Å². The Balaban J connectivity index is 2.04. The number of benzene rings is 3. The number of rotatable bonds is 11. The molecule has 3 rings (SSSR count). The second-order valence-corrected chi connectivity index (χ2v) is 11.9. The number of hydrogen-bond donors (Lipinski definition) is 1. The molecule has 2 amide bonds. The molecule has 0 heterocycles. The third kappa shape index (κ3) is 7.88. The second-order valence-electron chi connectivity index (χ2n) is 9.16. The molecular weight excluding hydrogens is 561 g/mol. The number of nitrogens with zero attached hydrogens (tertiary/aromatic N) is 2. The predicted molar refractivity (Wildman–Crippen MR) is 154 cm³/mol. The maximum atomic E-state index is 13.9. The maximum Gasteiger partial charge on any atom is 0.264 e. The Morgan fingerprint density at radius 2 is 1.59 bits per heavy atom. The summed E-state index contributed by atoms with van der Waals surface area (Å²) in [7, 11) is -2.68. The summed E-state index contributed by atoms with van der Waals surface area (Å²) in [6, 6.07) is 17.9. The topological polar surface area (TPSA) is 96.0 Å². The predicted octanol–water partition coefficient (Wildman–Crippen LogP) is 5.14. The van der Waals surface area contributed by atoms with Crippen LogP contribution in [-0.4, -0.2) is 50.9 Å². The lowest BCUT2D eigenvalue weighted by atomic mass is 10.1. The summed E-state index contributed by atoms with van der Waals surface area (Å²) in [5.74, 6) is -0.358. The van der Waals surface area contributed by atoms with Crippen molar-refractivity contribution in [2.24, 2.45) is 0 Å². The Morgan fingerprint density at radius 1 is 0.923 bits per heavy atom. The van der Waals surface area contributed by atoms with E-state index in [9.17, 15) is 18.0 Å². The summed E-state index contributed by atoms with van der Waals surface area (Å²) in [6.45, 7) is 4.71. The Labute approximate surface area is 239 Å². The molecule has 0 aromatic heterocycles. The summed E-state index contributed by atoms with van der Waals surface area (Å²) in [6.07, 6.45) is 0. The van der Waals surface area contributed by atoms with Gasteiger partial charge in [0.15, 0.2) is 0 Å². The molecule has 1 unspecified atom stereocenters. The molecule has 11 heteroatoms. The first-order valence-electron chi connectivity index (χ1n) is 12.2. The van der Waals surface area contributed by atoms with Crippen LogP contribution in [0.25, 0.3) is 0 Å². The normalized spacial score (nSPS) is 12.1. The molecule has 0 saturated carbocycles. The van der Waals surface area contributed by atoms with Crippen LogP contribution in [0.3, 0.4) is 0 Å². The minimum atomic E-state index is -4.22. The van der Waals surface area contributed by atoms with E-state index in [4.69, 9.17) is 27.9 Å². The molecule has 0 aliphatic carbocycles. The van der Waals surface area contributed by atoms with Crippen LogP contribution in [0.5, 0.6) is 5.75 Å². The molecule has 0 saturated heterocycles. The largest absolute Gasteiger partial charge is 0.497 e. The minimum Gasteiger partial charge on any atom is -0.497 e. The van der Waals surface area contributed by atoms with Crippen molar-refractivity contribution in [3.63, 3.8) is 0 Å². The van der Waals surface area contributed by atoms with Gasteiger partial charge in [0.2, 0.25) is 11.8 Å². The minimum absolute atomic E-state index is 0.0487. The Hall–Kier alpha value is -3.27. The van der Waals surface area contributed by atoms with E-state index >= 15 is 0 Å². The molecule has 0 spiro atoms. The number of hydrogen-bond acceptors (Lipinski definition) is 5. The number of anilines is 1. The van der Waals surface area contributed by atoms with Crippen molar-refractivity contribution < 1.29 is 22.7 Å². The Kier molecular flexibility index (Phi) is 10.2. The van der Waals surface area contributed by atoms with Gasteiger partial charge in [-0.15, -0.1) is 0 Å². The molecule has 8 nitrogen and oxygen atoms in total. The molecule has 3 aromatic rings. The molecule has 0 radical (unpaired) electrons. The molecule has 0 bridgehead atoms. The monoisotopic (exact) mass is 591 g/mol. The lowest BCUT2D eigenvalue weighted by Gasteiger charge is -2.32. The summed E-state index contributed by atoms with van der Waals surface area (Å²) in [5.41, 5.74) is 0.910. The Morgan fingerprint density at radius 3 is 2.21 bits per heavy atom. The van der Waals surface area contributed by atoms with E-state index in [2.05, 4.69) is 5.32 Å². The van der Waals surface area contributed by atoms with Crippen molar-refractivity contribution in [1.29, 1.82) is 0 Å². The third-order valence-corrected chi connectivity index (χ3v) is 8.14. The summed E-state index contributed by atoms with van der Waals surface area (Å²) >= 11 is 12.2. The number of methoxy groups -OCH3 is 1. The first kappa shape index (κ1) is 30.3. The number of carbonyl (C=O) groups is 2. The highest BCUT2D eigenvalue weighted by Crippen LogP contribution is 2.27. The zero-order chi connectivity index (χ0) is 28.7. The van der Waals surface area contributed by atoms with E-state index in [1.807, 2.05) is 13.8 Å². The van der Waals surface area contributed by atoms with Gasteiger partial charge in [0, 0.05) is 22.6 Å². The van der Waals surface area contributed by atoms with E-state index in [1.165, 1.54) is 42.3 Å². The van der Waals surface area contributed by atoms with Crippen molar-refractivity contribution in [3.8, 4) is 5.75 Å². The number of halogens is 2. The number of nitrogens with one attached hydrogen (secondary N) is 1. The maximum absolute atomic E-state index is 13.9. The lowest BCUT2D eigenvalue weighted by molar-refractivity contribution is -0.139. The average molecular weight is 593 g/mol. The molecule has 39 heavy (non-hydrogen) atoms. The van der Waals surface area contributed by atoms with Crippen molar-refractivity contribution in [2.45, 2.75) is 44.3 Å². The average Bonchev–Trinajstić information content (AvgIpc) is 2.89. The quantitative estimate of drug-likeness (QED) is 0.333. The molecule has 0 aliphatic rings. The van der Waals surface area contributed by atoms with Crippen LogP contribution in [0.15, 0.2) is 77.7 Å². The molecule has 0 fully saturated rings. The highest BCUT2D eigenvalue weighted by atomic mass is 35.5. The van der Waals surface area contributed by atoms with Crippen LogP contribution in [-0.2, 0) is 26.2 Å². The fourth-order valence-corrected chi connectivity index (χ4v) is 5.57. The van der Waals surface area contributed by atoms with Gasteiger partial charge in [-0.05, 0) is 80.9 Å².